The molecule has 0 bridgehead atoms. The Labute approximate surface area is 190 Å². The van der Waals surface area contributed by atoms with Crippen LogP contribution in [-0.4, -0.2) is 28.1 Å². The largest absolute Gasteiger partial charge is 0.325 e. The smallest absolute Gasteiger partial charge is 0.234 e. The van der Waals surface area contributed by atoms with Crippen molar-refractivity contribution in [1.82, 2.24) is 0 Å². The van der Waals surface area contributed by atoms with E-state index in [9.17, 15) is 4.79 Å². The number of nitrogens with one attached hydrogen (secondary N) is 1. The van der Waals surface area contributed by atoms with Gasteiger partial charge in [-0.05, 0) is 56.9 Å². The van der Waals surface area contributed by atoms with Crippen molar-refractivity contribution in [3.63, 3.8) is 0 Å². The van der Waals surface area contributed by atoms with E-state index in [-0.39, 0.29) is 11.6 Å². The number of carbonyl (C=O) groups excluding carboxylic acids is 1. The first-order valence-corrected chi connectivity index (χ1v) is 12.3. The van der Waals surface area contributed by atoms with Crippen LogP contribution in [0.1, 0.15) is 49.7 Å². The van der Waals surface area contributed by atoms with Crippen molar-refractivity contribution in [3.05, 3.63) is 64.1 Å². The van der Waals surface area contributed by atoms with Gasteiger partial charge in [0.05, 0.1) is 11.5 Å². The standard InChI is InChI=1S/C24H26BrN3OS/c1-17-6-8-18(9-7-17)22-23(28-24(27-22)14-4-2-3-5-15-24)30-16-21(29)26-20-12-10-19(25)11-13-20/h6-13H,2-5,14-16H2,1H3,(H,26,29). The zero-order chi connectivity index (χ0) is 21.0. The molecule has 2 aliphatic rings. The molecule has 1 heterocycles. The molecule has 1 saturated carbocycles. The zero-order valence-corrected chi connectivity index (χ0v) is 19.6. The quantitative estimate of drug-likeness (QED) is 0.548. The molecule has 0 atom stereocenters. The van der Waals surface area contributed by atoms with E-state index in [0.717, 1.165) is 52.2 Å². The van der Waals surface area contributed by atoms with Gasteiger partial charge in [0.2, 0.25) is 5.91 Å². The number of amides is 1. The summed E-state index contributed by atoms with van der Waals surface area (Å²) >= 11 is 4.91. The van der Waals surface area contributed by atoms with E-state index >= 15 is 0 Å². The highest BCUT2D eigenvalue weighted by Gasteiger charge is 2.37. The van der Waals surface area contributed by atoms with E-state index in [4.69, 9.17) is 9.98 Å². The number of carbonyl (C=O) groups is 1. The van der Waals surface area contributed by atoms with Gasteiger partial charge in [0.1, 0.15) is 5.04 Å². The summed E-state index contributed by atoms with van der Waals surface area (Å²) in [4.78, 5) is 22.8. The number of hydrogen-bond donors (Lipinski definition) is 1. The van der Waals surface area contributed by atoms with Crippen LogP contribution in [0.15, 0.2) is 63.0 Å². The van der Waals surface area contributed by atoms with Gasteiger partial charge in [-0.1, -0.05) is 70.4 Å². The minimum atomic E-state index is -0.332. The SMILES string of the molecule is Cc1ccc(C2=NC3(CCCCCC3)N=C2SCC(=O)Nc2ccc(Br)cc2)cc1. The summed E-state index contributed by atoms with van der Waals surface area (Å²) < 4.78 is 0.989. The second-order valence-electron chi connectivity index (χ2n) is 7.98. The predicted molar refractivity (Wildman–Crippen MR) is 131 cm³/mol. The van der Waals surface area contributed by atoms with Crippen molar-refractivity contribution >= 4 is 50.0 Å². The summed E-state index contributed by atoms with van der Waals surface area (Å²) in [7, 11) is 0. The van der Waals surface area contributed by atoms with Crippen molar-refractivity contribution in [1.29, 1.82) is 0 Å². The molecule has 156 valence electrons. The highest BCUT2D eigenvalue weighted by Crippen LogP contribution is 2.38. The molecular weight excluding hydrogens is 458 g/mol. The normalized spacial score (nSPS) is 17.9. The monoisotopic (exact) mass is 483 g/mol. The zero-order valence-electron chi connectivity index (χ0n) is 17.2. The van der Waals surface area contributed by atoms with Crippen molar-refractivity contribution in [2.24, 2.45) is 9.98 Å². The molecule has 2 aromatic carbocycles. The minimum Gasteiger partial charge on any atom is -0.325 e. The van der Waals surface area contributed by atoms with Crippen molar-refractivity contribution in [2.45, 2.75) is 51.1 Å². The molecule has 4 rings (SSSR count). The third kappa shape index (κ3) is 5.22. The topological polar surface area (TPSA) is 53.8 Å². The predicted octanol–water partition coefficient (Wildman–Crippen LogP) is 6.38. The third-order valence-electron chi connectivity index (χ3n) is 5.53. The Morgan fingerprint density at radius 2 is 1.67 bits per heavy atom. The molecule has 1 aliphatic heterocycles. The van der Waals surface area contributed by atoms with Gasteiger partial charge in [-0.2, -0.15) is 0 Å². The molecule has 1 fully saturated rings. The molecule has 1 spiro atoms. The lowest BCUT2D eigenvalue weighted by Gasteiger charge is -2.20. The summed E-state index contributed by atoms with van der Waals surface area (Å²) in [6, 6.07) is 16.1. The number of anilines is 1. The number of hydrogen-bond acceptors (Lipinski definition) is 4. The highest BCUT2D eigenvalue weighted by molar-refractivity contribution is 9.10. The van der Waals surface area contributed by atoms with E-state index in [2.05, 4.69) is 52.4 Å². The van der Waals surface area contributed by atoms with Crippen LogP contribution in [0.4, 0.5) is 5.69 Å². The molecular formula is C24H26BrN3OS. The van der Waals surface area contributed by atoms with Gasteiger partial charge in [0.25, 0.3) is 0 Å². The van der Waals surface area contributed by atoms with Crippen LogP contribution in [0.3, 0.4) is 0 Å². The molecule has 4 nitrogen and oxygen atoms in total. The Hall–Kier alpha value is -1.92. The van der Waals surface area contributed by atoms with Crippen LogP contribution in [0.25, 0.3) is 0 Å². The van der Waals surface area contributed by atoms with Crippen molar-refractivity contribution in [3.8, 4) is 0 Å². The highest BCUT2D eigenvalue weighted by atomic mass is 79.9. The van der Waals surface area contributed by atoms with Crippen LogP contribution < -0.4 is 5.32 Å². The van der Waals surface area contributed by atoms with Crippen LogP contribution >= 0.6 is 27.7 Å². The van der Waals surface area contributed by atoms with Gasteiger partial charge in [0.15, 0.2) is 5.66 Å². The molecule has 1 amide bonds. The van der Waals surface area contributed by atoms with Crippen LogP contribution in [0, 0.1) is 6.92 Å². The molecule has 0 aromatic heterocycles. The number of thioether (sulfide) groups is 1. The van der Waals surface area contributed by atoms with E-state index in [1.807, 2.05) is 24.3 Å². The fourth-order valence-corrected chi connectivity index (χ4v) is 5.04. The molecule has 0 saturated heterocycles. The Balaban J connectivity index is 1.51. The lowest BCUT2D eigenvalue weighted by atomic mass is 10.0. The van der Waals surface area contributed by atoms with Crippen LogP contribution in [-0.2, 0) is 4.79 Å². The molecule has 1 aliphatic carbocycles. The number of rotatable bonds is 4. The van der Waals surface area contributed by atoms with E-state index in [1.165, 1.54) is 30.2 Å². The third-order valence-corrected chi connectivity index (χ3v) is 7.02. The van der Waals surface area contributed by atoms with Crippen molar-refractivity contribution in [2.75, 3.05) is 11.1 Å². The van der Waals surface area contributed by atoms with E-state index in [1.54, 1.807) is 0 Å². The lowest BCUT2D eigenvalue weighted by molar-refractivity contribution is -0.113. The fourth-order valence-electron chi connectivity index (χ4n) is 3.91. The molecule has 1 N–H and O–H groups in total. The number of aliphatic imine (C=N–C) groups is 2. The second-order valence-corrected chi connectivity index (χ2v) is 9.86. The fraction of sp³-hybridized carbons (Fsp3) is 0.375. The number of aryl methyl sites for hydroxylation is 1. The van der Waals surface area contributed by atoms with Crippen LogP contribution in [0.2, 0.25) is 0 Å². The molecule has 0 radical (unpaired) electrons. The Bertz CT molecular complexity index is 959. The van der Waals surface area contributed by atoms with Gasteiger partial charge in [-0.3, -0.25) is 9.79 Å². The lowest BCUT2D eigenvalue weighted by Crippen LogP contribution is -2.20. The Morgan fingerprint density at radius 3 is 2.33 bits per heavy atom. The van der Waals surface area contributed by atoms with Gasteiger partial charge in [-0.15, -0.1) is 0 Å². The maximum Gasteiger partial charge on any atom is 0.234 e. The number of nitrogens with zero attached hydrogens (tertiary/aromatic N) is 2. The maximum absolute atomic E-state index is 12.5. The maximum atomic E-state index is 12.5. The first kappa shape index (κ1) is 21.3. The molecule has 2 aromatic rings. The van der Waals surface area contributed by atoms with Gasteiger partial charge in [0, 0.05) is 15.7 Å². The van der Waals surface area contributed by atoms with E-state index in [0.29, 0.717) is 5.75 Å². The van der Waals surface area contributed by atoms with Gasteiger partial charge in [-0.25, -0.2) is 4.99 Å². The van der Waals surface area contributed by atoms with Crippen molar-refractivity contribution < 1.29 is 4.79 Å². The van der Waals surface area contributed by atoms with E-state index < -0.39 is 0 Å². The first-order valence-electron chi connectivity index (χ1n) is 10.5. The number of benzene rings is 2. The minimum absolute atomic E-state index is 0.0323. The summed E-state index contributed by atoms with van der Waals surface area (Å²) in [5.41, 5.74) is 3.72. The molecule has 0 unspecified atom stereocenters. The summed E-state index contributed by atoms with van der Waals surface area (Å²) in [5, 5.41) is 3.86. The first-order chi connectivity index (χ1) is 14.5. The average Bonchev–Trinajstić information content (AvgIpc) is 2.93. The summed E-state index contributed by atoms with van der Waals surface area (Å²) in [6.45, 7) is 2.09. The average molecular weight is 484 g/mol. The second kappa shape index (κ2) is 9.48. The Morgan fingerprint density at radius 1 is 1.00 bits per heavy atom. The van der Waals surface area contributed by atoms with Gasteiger partial charge < -0.3 is 5.32 Å². The number of halogens is 1. The van der Waals surface area contributed by atoms with Gasteiger partial charge >= 0.3 is 0 Å². The molecule has 6 heteroatoms. The summed E-state index contributed by atoms with van der Waals surface area (Å²) in [5.74, 6) is 0.283. The Kier molecular flexibility index (Phi) is 6.74. The van der Waals surface area contributed by atoms with Crippen LogP contribution in [0.5, 0.6) is 0 Å². The summed E-state index contributed by atoms with van der Waals surface area (Å²) in [6.07, 6.45) is 6.83. The molecule has 30 heavy (non-hydrogen) atoms.